The molecular formula is C11H16N2O5. The Morgan fingerprint density at radius 2 is 2.11 bits per heavy atom. The van der Waals surface area contributed by atoms with Gasteiger partial charge in [0.15, 0.2) is 0 Å². The first kappa shape index (κ1) is 15.9. The predicted octanol–water partition coefficient (Wildman–Crippen LogP) is -1.27. The van der Waals surface area contributed by atoms with Crippen LogP contribution in [0.3, 0.4) is 0 Å². The molecule has 0 fully saturated rings. The molecule has 1 atom stereocenters. The number of aliphatic carboxylic acids is 1. The van der Waals surface area contributed by atoms with Crippen molar-refractivity contribution in [3.05, 3.63) is 0 Å². The molecule has 0 aliphatic carbocycles. The summed E-state index contributed by atoms with van der Waals surface area (Å²) in [5, 5.41) is 13.8. The first-order valence-corrected chi connectivity index (χ1v) is 5.24. The second-order valence-electron chi connectivity index (χ2n) is 3.38. The quantitative estimate of drug-likeness (QED) is 0.284. The number of nitrogens with one attached hydrogen (secondary N) is 2. The molecule has 0 aromatic carbocycles. The van der Waals surface area contributed by atoms with Gasteiger partial charge in [0.05, 0.1) is 20.2 Å². The number of carbonyl (C=O) groups is 3. The van der Waals surface area contributed by atoms with Crippen LogP contribution in [0.25, 0.3) is 0 Å². The number of carbonyl (C=O) groups excluding carboxylic acids is 2. The maximum Gasteiger partial charge on any atom is 0.326 e. The zero-order valence-corrected chi connectivity index (χ0v) is 10.1. The number of hydrogen-bond donors (Lipinski definition) is 3. The van der Waals surface area contributed by atoms with Crippen LogP contribution in [0.15, 0.2) is 0 Å². The fourth-order valence-corrected chi connectivity index (χ4v) is 1.12. The Hall–Kier alpha value is -2.07. The normalized spacial score (nSPS) is 11.1. The lowest BCUT2D eigenvalue weighted by molar-refractivity contribution is -0.144. The molecule has 0 saturated carbocycles. The first-order chi connectivity index (χ1) is 8.51. The molecule has 0 aromatic rings. The molecule has 100 valence electrons. The Morgan fingerprint density at radius 1 is 1.44 bits per heavy atom. The van der Waals surface area contributed by atoms with Crippen molar-refractivity contribution in [1.29, 1.82) is 0 Å². The Morgan fingerprint density at radius 3 is 2.61 bits per heavy atom. The van der Waals surface area contributed by atoms with Crippen LogP contribution in [0.4, 0.5) is 0 Å². The van der Waals surface area contributed by atoms with Gasteiger partial charge < -0.3 is 15.2 Å². The molecule has 0 heterocycles. The molecule has 18 heavy (non-hydrogen) atoms. The van der Waals surface area contributed by atoms with E-state index in [9.17, 15) is 14.4 Å². The van der Waals surface area contributed by atoms with E-state index in [1.807, 2.05) is 0 Å². The fourth-order valence-electron chi connectivity index (χ4n) is 1.12. The smallest absolute Gasteiger partial charge is 0.326 e. The van der Waals surface area contributed by atoms with E-state index in [0.717, 1.165) is 0 Å². The van der Waals surface area contributed by atoms with Gasteiger partial charge in [0, 0.05) is 6.42 Å². The molecule has 0 spiro atoms. The van der Waals surface area contributed by atoms with E-state index in [0.29, 0.717) is 0 Å². The zero-order valence-electron chi connectivity index (χ0n) is 10.1. The zero-order chi connectivity index (χ0) is 14.0. The van der Waals surface area contributed by atoms with Crippen LogP contribution in [0.2, 0.25) is 0 Å². The lowest BCUT2D eigenvalue weighted by Gasteiger charge is -2.13. The summed E-state index contributed by atoms with van der Waals surface area (Å²) >= 11 is 0. The number of carboxylic acid groups (broad SMARTS) is 1. The molecule has 1 amide bonds. The van der Waals surface area contributed by atoms with Crippen LogP contribution in [0.1, 0.15) is 12.8 Å². The van der Waals surface area contributed by atoms with Crippen LogP contribution in [-0.4, -0.2) is 49.2 Å². The van der Waals surface area contributed by atoms with Gasteiger partial charge in [0.2, 0.25) is 5.91 Å². The molecule has 1 unspecified atom stereocenters. The van der Waals surface area contributed by atoms with Crippen molar-refractivity contribution in [3.8, 4) is 12.3 Å². The number of rotatable bonds is 8. The topological polar surface area (TPSA) is 105 Å². The van der Waals surface area contributed by atoms with E-state index in [2.05, 4.69) is 21.3 Å². The van der Waals surface area contributed by atoms with E-state index in [4.69, 9.17) is 11.5 Å². The monoisotopic (exact) mass is 256 g/mol. The van der Waals surface area contributed by atoms with Crippen molar-refractivity contribution in [1.82, 2.24) is 10.6 Å². The highest BCUT2D eigenvalue weighted by Crippen LogP contribution is 1.99. The highest BCUT2D eigenvalue weighted by atomic mass is 16.5. The molecule has 0 rings (SSSR count). The van der Waals surface area contributed by atoms with Gasteiger partial charge >= 0.3 is 11.9 Å². The van der Waals surface area contributed by atoms with Gasteiger partial charge in [-0.1, -0.05) is 5.92 Å². The summed E-state index contributed by atoms with van der Waals surface area (Å²) in [6.07, 6.45) is 4.87. The summed E-state index contributed by atoms with van der Waals surface area (Å²) in [6, 6.07) is -1.12. The van der Waals surface area contributed by atoms with Crippen molar-refractivity contribution in [3.63, 3.8) is 0 Å². The van der Waals surface area contributed by atoms with Gasteiger partial charge in [-0.05, 0) is 6.42 Å². The van der Waals surface area contributed by atoms with Crippen LogP contribution in [-0.2, 0) is 19.1 Å². The van der Waals surface area contributed by atoms with Crippen LogP contribution >= 0.6 is 0 Å². The predicted molar refractivity (Wildman–Crippen MR) is 62.5 cm³/mol. The number of terminal acetylenes is 1. The molecule has 0 aromatic heterocycles. The van der Waals surface area contributed by atoms with Crippen LogP contribution in [0, 0.1) is 12.3 Å². The van der Waals surface area contributed by atoms with E-state index < -0.39 is 23.9 Å². The van der Waals surface area contributed by atoms with Gasteiger partial charge in [0.1, 0.15) is 6.04 Å². The van der Waals surface area contributed by atoms with Gasteiger partial charge in [-0.15, -0.1) is 6.42 Å². The van der Waals surface area contributed by atoms with E-state index in [1.165, 1.54) is 7.11 Å². The molecule has 0 bridgehead atoms. The number of amides is 1. The minimum Gasteiger partial charge on any atom is -0.480 e. The van der Waals surface area contributed by atoms with E-state index in [1.54, 1.807) is 0 Å². The van der Waals surface area contributed by atoms with Gasteiger partial charge in [-0.3, -0.25) is 14.9 Å². The largest absolute Gasteiger partial charge is 0.480 e. The minimum atomic E-state index is -1.20. The Bertz CT molecular complexity index is 348. The maximum atomic E-state index is 11.3. The summed E-state index contributed by atoms with van der Waals surface area (Å²) in [4.78, 5) is 33.0. The van der Waals surface area contributed by atoms with Gasteiger partial charge in [-0.25, -0.2) is 4.79 Å². The van der Waals surface area contributed by atoms with Crippen LogP contribution in [0.5, 0.6) is 0 Å². The first-order valence-electron chi connectivity index (χ1n) is 5.24. The van der Waals surface area contributed by atoms with Crippen LogP contribution < -0.4 is 10.6 Å². The summed E-state index contributed by atoms with van der Waals surface area (Å²) in [6.45, 7) is 0.138. The standard InChI is InChI=1S/C11H16N2O5/c1-3-6-12-7-9(14)13-8(11(16)17)4-5-10(15)18-2/h1,8,12H,4-7H2,2H3,(H,13,14)(H,16,17). The third kappa shape index (κ3) is 7.24. The molecular weight excluding hydrogens is 240 g/mol. The van der Waals surface area contributed by atoms with E-state index >= 15 is 0 Å². The Kier molecular flexibility index (Phi) is 7.98. The lowest BCUT2D eigenvalue weighted by atomic mass is 10.1. The van der Waals surface area contributed by atoms with Crippen molar-refractivity contribution >= 4 is 17.8 Å². The number of ether oxygens (including phenoxy) is 1. The van der Waals surface area contributed by atoms with Gasteiger partial charge in [0.25, 0.3) is 0 Å². The molecule has 0 aliphatic rings. The number of methoxy groups -OCH3 is 1. The van der Waals surface area contributed by atoms with Crippen molar-refractivity contribution in [2.24, 2.45) is 0 Å². The third-order valence-corrected chi connectivity index (χ3v) is 2.01. The number of hydrogen-bond acceptors (Lipinski definition) is 5. The van der Waals surface area contributed by atoms with Crippen molar-refractivity contribution in [2.45, 2.75) is 18.9 Å². The molecule has 7 nitrogen and oxygen atoms in total. The fraction of sp³-hybridized carbons (Fsp3) is 0.545. The molecule has 3 N–H and O–H groups in total. The summed E-state index contributed by atoms with van der Waals surface area (Å²) in [7, 11) is 1.21. The van der Waals surface area contributed by atoms with Crippen molar-refractivity contribution in [2.75, 3.05) is 20.2 Å². The summed E-state index contributed by atoms with van der Waals surface area (Å²) in [5.74, 6) is 0.0492. The second kappa shape index (κ2) is 9.01. The SMILES string of the molecule is C#CCNCC(=O)NC(CCC(=O)OC)C(=O)O. The molecule has 7 heteroatoms. The number of carboxylic acids is 1. The van der Waals surface area contributed by atoms with Gasteiger partial charge in [-0.2, -0.15) is 0 Å². The molecule has 0 aliphatic heterocycles. The Balaban J connectivity index is 4.11. The summed E-state index contributed by atoms with van der Waals surface area (Å²) < 4.78 is 4.39. The highest BCUT2D eigenvalue weighted by molar-refractivity contribution is 5.85. The molecule has 0 saturated heterocycles. The third-order valence-electron chi connectivity index (χ3n) is 2.01. The Labute approximate surface area is 105 Å². The van der Waals surface area contributed by atoms with Crippen molar-refractivity contribution < 1.29 is 24.2 Å². The maximum absolute atomic E-state index is 11.3. The van der Waals surface area contributed by atoms with E-state index in [-0.39, 0.29) is 25.9 Å². The number of esters is 1. The lowest BCUT2D eigenvalue weighted by Crippen LogP contribution is -2.44. The molecule has 0 radical (unpaired) electrons. The summed E-state index contributed by atoms with van der Waals surface area (Å²) in [5.41, 5.74) is 0. The second-order valence-corrected chi connectivity index (χ2v) is 3.38. The average Bonchev–Trinajstić information content (AvgIpc) is 2.33. The average molecular weight is 256 g/mol. The highest BCUT2D eigenvalue weighted by Gasteiger charge is 2.20. The minimum absolute atomic E-state index is 0.0249.